The van der Waals surface area contributed by atoms with Crippen LogP contribution in [0.5, 0.6) is 0 Å². The van der Waals surface area contributed by atoms with Crippen molar-refractivity contribution in [1.82, 2.24) is 10.3 Å². The zero-order chi connectivity index (χ0) is 20.1. The summed E-state index contributed by atoms with van der Waals surface area (Å²) in [5.41, 5.74) is 5.86. The van der Waals surface area contributed by atoms with Crippen LogP contribution >= 0.6 is 0 Å². The first kappa shape index (κ1) is 18.9. The van der Waals surface area contributed by atoms with Gasteiger partial charge in [0.25, 0.3) is 5.91 Å². The Morgan fingerprint density at radius 2 is 1.69 bits per heavy atom. The van der Waals surface area contributed by atoms with Crippen molar-refractivity contribution in [3.8, 4) is 11.1 Å². The molecule has 4 heteroatoms. The molecule has 1 aromatic heterocycles. The van der Waals surface area contributed by atoms with Crippen LogP contribution in [0.2, 0.25) is 0 Å². The zero-order valence-corrected chi connectivity index (χ0v) is 16.5. The van der Waals surface area contributed by atoms with Crippen LogP contribution in [0.4, 0.5) is 0 Å². The predicted octanol–water partition coefficient (Wildman–Crippen LogP) is 5.42. The van der Waals surface area contributed by atoms with Crippen molar-refractivity contribution >= 4 is 17.0 Å². The lowest BCUT2D eigenvalue weighted by Gasteiger charge is -2.08. The summed E-state index contributed by atoms with van der Waals surface area (Å²) in [7, 11) is 0. The summed E-state index contributed by atoms with van der Waals surface area (Å²) < 4.78 is 5.99. The zero-order valence-electron chi connectivity index (χ0n) is 16.5. The summed E-state index contributed by atoms with van der Waals surface area (Å²) in [4.78, 5) is 16.8. The molecule has 0 saturated carbocycles. The second-order valence-corrected chi connectivity index (χ2v) is 7.04. The second-order valence-electron chi connectivity index (χ2n) is 7.04. The summed E-state index contributed by atoms with van der Waals surface area (Å²) >= 11 is 0. The molecule has 0 saturated heterocycles. The van der Waals surface area contributed by atoms with E-state index in [0.717, 1.165) is 52.9 Å². The van der Waals surface area contributed by atoms with E-state index in [1.165, 1.54) is 0 Å². The normalized spacial score (nSPS) is 10.9. The fourth-order valence-electron chi connectivity index (χ4n) is 3.45. The van der Waals surface area contributed by atoms with E-state index in [4.69, 9.17) is 4.42 Å². The molecular formula is C25H24N2O2. The molecule has 4 aromatic rings. The van der Waals surface area contributed by atoms with Crippen molar-refractivity contribution < 1.29 is 9.21 Å². The number of carbonyl (C=O) groups excluding carboxylic acids is 1. The van der Waals surface area contributed by atoms with E-state index in [0.29, 0.717) is 12.1 Å². The Morgan fingerprint density at radius 1 is 0.966 bits per heavy atom. The number of hydrogen-bond donors (Lipinski definition) is 1. The maximum atomic E-state index is 12.2. The molecule has 4 nitrogen and oxygen atoms in total. The molecule has 146 valence electrons. The van der Waals surface area contributed by atoms with Gasteiger partial charge in [-0.05, 0) is 53.8 Å². The summed E-state index contributed by atoms with van der Waals surface area (Å²) in [6, 6.07) is 23.9. The third-order valence-electron chi connectivity index (χ3n) is 4.97. The summed E-state index contributed by atoms with van der Waals surface area (Å²) in [6.07, 6.45) is 2.40. The van der Waals surface area contributed by atoms with Crippen LogP contribution in [-0.4, -0.2) is 17.4 Å². The van der Waals surface area contributed by atoms with Gasteiger partial charge in [-0.3, -0.25) is 4.79 Å². The molecule has 3 aromatic carbocycles. The van der Waals surface area contributed by atoms with Crippen LogP contribution in [0, 0.1) is 0 Å². The van der Waals surface area contributed by atoms with Gasteiger partial charge in [0.2, 0.25) is 0 Å². The SMILES string of the molecule is CCc1nc2cc(-c3ccccc3)cc(CCCNC(=O)c3ccccc3)c2o1. The highest BCUT2D eigenvalue weighted by molar-refractivity contribution is 5.94. The van der Waals surface area contributed by atoms with Gasteiger partial charge in [0.1, 0.15) is 5.52 Å². The maximum absolute atomic E-state index is 12.2. The van der Waals surface area contributed by atoms with Crippen LogP contribution in [0.25, 0.3) is 22.2 Å². The number of aromatic nitrogens is 1. The van der Waals surface area contributed by atoms with Crippen molar-refractivity contribution in [3.63, 3.8) is 0 Å². The Morgan fingerprint density at radius 3 is 2.41 bits per heavy atom. The fraction of sp³-hybridized carbons (Fsp3) is 0.200. The van der Waals surface area contributed by atoms with E-state index in [1.54, 1.807) is 0 Å². The Hall–Kier alpha value is -3.40. The van der Waals surface area contributed by atoms with Crippen LogP contribution in [0.1, 0.15) is 35.2 Å². The smallest absolute Gasteiger partial charge is 0.251 e. The van der Waals surface area contributed by atoms with Gasteiger partial charge < -0.3 is 9.73 Å². The topological polar surface area (TPSA) is 55.1 Å². The first-order valence-electron chi connectivity index (χ1n) is 10.1. The minimum Gasteiger partial charge on any atom is -0.440 e. The maximum Gasteiger partial charge on any atom is 0.251 e. The molecule has 1 heterocycles. The monoisotopic (exact) mass is 384 g/mol. The van der Waals surface area contributed by atoms with Crippen molar-refractivity contribution in [2.75, 3.05) is 6.54 Å². The van der Waals surface area contributed by atoms with Gasteiger partial charge in [0.15, 0.2) is 11.5 Å². The molecule has 29 heavy (non-hydrogen) atoms. The largest absolute Gasteiger partial charge is 0.440 e. The average molecular weight is 384 g/mol. The van der Waals surface area contributed by atoms with E-state index in [9.17, 15) is 4.79 Å². The predicted molar refractivity (Wildman–Crippen MR) is 116 cm³/mol. The molecule has 0 fully saturated rings. The van der Waals surface area contributed by atoms with E-state index >= 15 is 0 Å². The van der Waals surface area contributed by atoms with E-state index in [-0.39, 0.29) is 5.91 Å². The molecule has 0 aliphatic rings. The molecule has 0 unspecified atom stereocenters. The highest BCUT2D eigenvalue weighted by Gasteiger charge is 2.13. The molecule has 0 aliphatic heterocycles. The summed E-state index contributed by atoms with van der Waals surface area (Å²) in [5, 5.41) is 2.99. The van der Waals surface area contributed by atoms with Gasteiger partial charge in [-0.2, -0.15) is 0 Å². The van der Waals surface area contributed by atoms with Crippen molar-refractivity contribution in [1.29, 1.82) is 0 Å². The molecule has 0 radical (unpaired) electrons. The van der Waals surface area contributed by atoms with Crippen LogP contribution in [0.3, 0.4) is 0 Å². The number of oxazole rings is 1. The molecule has 4 rings (SSSR count). The van der Waals surface area contributed by atoms with E-state index in [1.807, 2.05) is 55.5 Å². The molecular weight excluding hydrogens is 360 g/mol. The molecule has 1 N–H and O–H groups in total. The average Bonchev–Trinajstić information content (AvgIpc) is 3.21. The minimum atomic E-state index is -0.0401. The number of amides is 1. The van der Waals surface area contributed by atoms with Gasteiger partial charge in [0.05, 0.1) is 0 Å². The number of rotatable bonds is 7. The van der Waals surface area contributed by atoms with E-state index in [2.05, 4.69) is 34.6 Å². The van der Waals surface area contributed by atoms with Crippen LogP contribution < -0.4 is 5.32 Å². The second kappa shape index (κ2) is 8.74. The minimum absolute atomic E-state index is 0.0401. The molecule has 0 spiro atoms. The number of fused-ring (bicyclic) bond motifs is 1. The highest BCUT2D eigenvalue weighted by atomic mass is 16.3. The molecule has 0 atom stereocenters. The Bertz CT molecular complexity index is 1100. The van der Waals surface area contributed by atoms with Gasteiger partial charge in [-0.1, -0.05) is 55.5 Å². The quantitative estimate of drug-likeness (QED) is 0.433. The summed E-state index contributed by atoms with van der Waals surface area (Å²) in [6.45, 7) is 2.65. The Kier molecular flexibility index (Phi) is 5.71. The number of aryl methyl sites for hydroxylation is 2. The number of hydrogen-bond acceptors (Lipinski definition) is 3. The van der Waals surface area contributed by atoms with Crippen LogP contribution in [-0.2, 0) is 12.8 Å². The van der Waals surface area contributed by atoms with Crippen molar-refractivity contribution in [3.05, 3.63) is 89.8 Å². The lowest BCUT2D eigenvalue weighted by molar-refractivity contribution is 0.0953. The van der Waals surface area contributed by atoms with Crippen molar-refractivity contribution in [2.45, 2.75) is 26.2 Å². The molecule has 1 amide bonds. The summed E-state index contributed by atoms with van der Waals surface area (Å²) in [5.74, 6) is 0.713. The van der Waals surface area contributed by atoms with Crippen molar-refractivity contribution in [2.24, 2.45) is 0 Å². The third-order valence-corrected chi connectivity index (χ3v) is 4.97. The lowest BCUT2D eigenvalue weighted by atomic mass is 9.99. The molecule has 0 aliphatic carbocycles. The number of benzene rings is 3. The number of nitrogens with one attached hydrogen (secondary N) is 1. The lowest BCUT2D eigenvalue weighted by Crippen LogP contribution is -2.24. The third kappa shape index (κ3) is 4.37. The highest BCUT2D eigenvalue weighted by Crippen LogP contribution is 2.29. The molecule has 0 bridgehead atoms. The number of nitrogens with zero attached hydrogens (tertiary/aromatic N) is 1. The van der Waals surface area contributed by atoms with Gasteiger partial charge in [0, 0.05) is 18.5 Å². The Balaban J connectivity index is 1.51. The Labute approximate surface area is 170 Å². The number of carbonyl (C=O) groups is 1. The van der Waals surface area contributed by atoms with Gasteiger partial charge in [-0.25, -0.2) is 4.98 Å². The fourth-order valence-corrected chi connectivity index (χ4v) is 3.45. The first-order valence-corrected chi connectivity index (χ1v) is 10.1. The van der Waals surface area contributed by atoms with Gasteiger partial charge >= 0.3 is 0 Å². The van der Waals surface area contributed by atoms with Crippen LogP contribution in [0.15, 0.2) is 77.2 Å². The van der Waals surface area contributed by atoms with Gasteiger partial charge in [-0.15, -0.1) is 0 Å². The first-order chi connectivity index (χ1) is 14.2. The van der Waals surface area contributed by atoms with E-state index < -0.39 is 0 Å². The standard InChI is InChI=1S/C25H24N2O2/c1-2-23-27-22-17-21(18-10-5-3-6-11-18)16-20(24(22)29-23)14-9-15-26-25(28)19-12-7-4-8-13-19/h3-8,10-13,16-17H,2,9,14-15H2,1H3,(H,26,28).